The number of likely N-dealkylation sites (tertiary alicyclic amines) is 1. The molecule has 1 aliphatic heterocycles. The topological polar surface area (TPSA) is 57.6 Å². The third kappa shape index (κ3) is 3.63. The van der Waals surface area contributed by atoms with Crippen LogP contribution in [0.4, 0.5) is 0 Å². The van der Waals surface area contributed by atoms with Crippen molar-refractivity contribution in [1.29, 1.82) is 0 Å². The lowest BCUT2D eigenvalue weighted by atomic mass is 9.94. The third-order valence-electron chi connectivity index (χ3n) is 4.50. The van der Waals surface area contributed by atoms with Crippen LogP contribution in [-0.4, -0.2) is 34.5 Å². The Morgan fingerprint density at radius 1 is 1.24 bits per heavy atom. The Labute approximate surface area is 125 Å². The van der Waals surface area contributed by atoms with E-state index in [1.165, 1.54) is 5.56 Å². The summed E-state index contributed by atoms with van der Waals surface area (Å²) in [5.74, 6) is -2.05. The van der Waals surface area contributed by atoms with Crippen LogP contribution in [0.1, 0.15) is 32.3 Å². The lowest BCUT2D eigenvalue weighted by molar-refractivity contribution is -0.149. The molecule has 1 aromatic carbocycles. The molecule has 1 heterocycles. The van der Waals surface area contributed by atoms with E-state index in [1.54, 1.807) is 13.8 Å². The Hall–Kier alpha value is -1.84. The number of amides is 1. The van der Waals surface area contributed by atoms with E-state index in [1.807, 2.05) is 23.1 Å². The molecular formula is C17H23NO3. The molecule has 1 N–H and O–H groups in total. The molecule has 0 bridgehead atoms. The maximum absolute atomic E-state index is 12.6. The summed E-state index contributed by atoms with van der Waals surface area (Å²) in [5.41, 5.74) is 1.22. The van der Waals surface area contributed by atoms with Crippen LogP contribution in [0.3, 0.4) is 0 Å². The fourth-order valence-corrected chi connectivity index (χ4v) is 2.91. The van der Waals surface area contributed by atoms with Crippen LogP contribution in [0.25, 0.3) is 0 Å². The number of aliphatic carboxylic acids is 1. The minimum absolute atomic E-state index is 0.0247. The number of hydrogen-bond acceptors (Lipinski definition) is 2. The van der Waals surface area contributed by atoms with Crippen molar-refractivity contribution in [3.8, 4) is 0 Å². The van der Waals surface area contributed by atoms with Crippen LogP contribution in [0.5, 0.6) is 0 Å². The zero-order valence-electron chi connectivity index (χ0n) is 12.7. The van der Waals surface area contributed by atoms with Gasteiger partial charge in [0.25, 0.3) is 0 Å². The third-order valence-corrected chi connectivity index (χ3v) is 4.50. The number of carboxylic acid groups (broad SMARTS) is 1. The van der Waals surface area contributed by atoms with E-state index in [9.17, 15) is 9.59 Å². The summed E-state index contributed by atoms with van der Waals surface area (Å²) in [5, 5.41) is 9.07. The first kappa shape index (κ1) is 15.5. The van der Waals surface area contributed by atoms with Gasteiger partial charge in [-0.15, -0.1) is 0 Å². The summed E-state index contributed by atoms with van der Waals surface area (Å²) in [7, 11) is 0. The van der Waals surface area contributed by atoms with Gasteiger partial charge < -0.3 is 10.0 Å². The number of benzene rings is 1. The maximum atomic E-state index is 12.6. The molecule has 0 spiro atoms. The van der Waals surface area contributed by atoms with E-state index in [0.717, 1.165) is 25.8 Å². The van der Waals surface area contributed by atoms with E-state index in [4.69, 9.17) is 5.11 Å². The molecule has 1 aromatic rings. The maximum Gasteiger partial charge on any atom is 0.307 e. The molecule has 0 aromatic heterocycles. The highest BCUT2D eigenvalue weighted by atomic mass is 16.4. The predicted octanol–water partition coefficient (Wildman–Crippen LogP) is 2.58. The quantitative estimate of drug-likeness (QED) is 0.906. The van der Waals surface area contributed by atoms with Crippen molar-refractivity contribution >= 4 is 11.9 Å². The molecule has 1 saturated heterocycles. The predicted molar refractivity (Wildman–Crippen MR) is 80.8 cm³/mol. The first-order valence-corrected chi connectivity index (χ1v) is 7.58. The fraction of sp³-hybridized carbons (Fsp3) is 0.529. The van der Waals surface area contributed by atoms with Crippen molar-refractivity contribution in [2.24, 2.45) is 11.8 Å². The van der Waals surface area contributed by atoms with Gasteiger partial charge in [0.05, 0.1) is 5.92 Å². The van der Waals surface area contributed by atoms with Crippen LogP contribution in [0.2, 0.25) is 0 Å². The average Bonchev–Trinajstić information content (AvgIpc) is 2.94. The molecule has 4 nitrogen and oxygen atoms in total. The second kappa shape index (κ2) is 6.74. The van der Waals surface area contributed by atoms with Crippen LogP contribution in [-0.2, 0) is 16.0 Å². The molecule has 4 heteroatoms. The standard InChI is InChI=1S/C17H23NO3/c1-12(13(2)17(20)21)16(19)18-10-6-9-15(18)11-14-7-4-3-5-8-14/h3-5,7-8,12-13,15H,6,9-11H2,1-2H3,(H,20,21). The van der Waals surface area contributed by atoms with Crippen molar-refractivity contribution in [3.05, 3.63) is 35.9 Å². The molecule has 0 aliphatic carbocycles. The van der Waals surface area contributed by atoms with Crippen molar-refractivity contribution in [1.82, 2.24) is 4.90 Å². The number of nitrogens with zero attached hydrogens (tertiary/aromatic N) is 1. The van der Waals surface area contributed by atoms with Gasteiger partial charge in [-0.25, -0.2) is 0 Å². The number of rotatable bonds is 5. The van der Waals surface area contributed by atoms with Gasteiger partial charge >= 0.3 is 5.97 Å². The largest absolute Gasteiger partial charge is 0.481 e. The number of carbonyl (C=O) groups excluding carboxylic acids is 1. The lowest BCUT2D eigenvalue weighted by Gasteiger charge is -2.29. The molecule has 21 heavy (non-hydrogen) atoms. The highest BCUT2D eigenvalue weighted by molar-refractivity contribution is 5.84. The highest BCUT2D eigenvalue weighted by Crippen LogP contribution is 2.25. The zero-order valence-corrected chi connectivity index (χ0v) is 12.7. The zero-order chi connectivity index (χ0) is 15.4. The van der Waals surface area contributed by atoms with Gasteiger partial charge in [0.2, 0.25) is 5.91 Å². The fourth-order valence-electron chi connectivity index (χ4n) is 2.91. The number of carboxylic acids is 1. The Morgan fingerprint density at radius 2 is 1.90 bits per heavy atom. The van der Waals surface area contributed by atoms with E-state index in [2.05, 4.69) is 12.1 Å². The molecule has 1 amide bonds. The van der Waals surface area contributed by atoms with E-state index in [0.29, 0.717) is 0 Å². The number of hydrogen-bond donors (Lipinski definition) is 1. The van der Waals surface area contributed by atoms with Gasteiger partial charge in [-0.05, 0) is 24.8 Å². The molecule has 0 saturated carbocycles. The SMILES string of the molecule is CC(C(=O)O)C(C)C(=O)N1CCCC1Cc1ccccc1. The monoisotopic (exact) mass is 289 g/mol. The molecule has 114 valence electrons. The summed E-state index contributed by atoms with van der Waals surface area (Å²) in [6.45, 7) is 4.07. The molecular weight excluding hydrogens is 266 g/mol. The summed E-state index contributed by atoms with van der Waals surface area (Å²) in [6.07, 6.45) is 2.84. The second-order valence-corrected chi connectivity index (χ2v) is 5.93. The van der Waals surface area contributed by atoms with E-state index < -0.39 is 17.8 Å². The van der Waals surface area contributed by atoms with Crippen LogP contribution in [0.15, 0.2) is 30.3 Å². The van der Waals surface area contributed by atoms with Crippen LogP contribution < -0.4 is 0 Å². The molecule has 0 radical (unpaired) electrons. The summed E-state index contributed by atoms with van der Waals surface area (Å²) in [6, 6.07) is 10.3. The summed E-state index contributed by atoms with van der Waals surface area (Å²) < 4.78 is 0. The Bertz CT molecular complexity index is 500. The van der Waals surface area contributed by atoms with Crippen molar-refractivity contribution in [2.45, 2.75) is 39.2 Å². The van der Waals surface area contributed by atoms with Crippen LogP contribution in [0, 0.1) is 11.8 Å². The number of carbonyl (C=O) groups is 2. The molecule has 2 rings (SSSR count). The minimum Gasteiger partial charge on any atom is -0.481 e. The molecule has 3 atom stereocenters. The first-order valence-electron chi connectivity index (χ1n) is 7.58. The second-order valence-electron chi connectivity index (χ2n) is 5.93. The van der Waals surface area contributed by atoms with Gasteiger partial charge in [0, 0.05) is 18.5 Å². The van der Waals surface area contributed by atoms with Gasteiger partial charge in [0.1, 0.15) is 0 Å². The Kier molecular flexibility index (Phi) is 4.99. The highest BCUT2D eigenvalue weighted by Gasteiger charge is 2.35. The Balaban J connectivity index is 2.04. The average molecular weight is 289 g/mol. The first-order chi connectivity index (χ1) is 10.0. The minimum atomic E-state index is -0.908. The van der Waals surface area contributed by atoms with Gasteiger partial charge in [-0.2, -0.15) is 0 Å². The van der Waals surface area contributed by atoms with Crippen molar-refractivity contribution < 1.29 is 14.7 Å². The smallest absolute Gasteiger partial charge is 0.307 e. The molecule has 1 aliphatic rings. The Morgan fingerprint density at radius 3 is 2.52 bits per heavy atom. The van der Waals surface area contributed by atoms with Crippen molar-refractivity contribution in [3.63, 3.8) is 0 Å². The molecule has 1 fully saturated rings. The van der Waals surface area contributed by atoms with Gasteiger partial charge in [-0.1, -0.05) is 44.2 Å². The van der Waals surface area contributed by atoms with E-state index in [-0.39, 0.29) is 11.9 Å². The van der Waals surface area contributed by atoms with Crippen molar-refractivity contribution in [2.75, 3.05) is 6.54 Å². The summed E-state index contributed by atoms with van der Waals surface area (Å²) in [4.78, 5) is 25.5. The molecule has 3 unspecified atom stereocenters. The van der Waals surface area contributed by atoms with Gasteiger partial charge in [0.15, 0.2) is 0 Å². The van der Waals surface area contributed by atoms with Gasteiger partial charge in [-0.3, -0.25) is 9.59 Å². The van der Waals surface area contributed by atoms with Crippen LogP contribution >= 0.6 is 0 Å². The summed E-state index contributed by atoms with van der Waals surface area (Å²) >= 11 is 0. The normalized spacial score (nSPS) is 21.0. The lowest BCUT2D eigenvalue weighted by Crippen LogP contribution is -2.42. The van der Waals surface area contributed by atoms with E-state index >= 15 is 0 Å².